The van der Waals surface area contributed by atoms with Gasteiger partial charge in [-0.15, -0.1) is 0 Å². The summed E-state index contributed by atoms with van der Waals surface area (Å²) in [5.41, 5.74) is 3.25. The molecule has 0 radical (unpaired) electrons. The number of amides is 4. The van der Waals surface area contributed by atoms with Crippen LogP contribution in [0.5, 0.6) is 0 Å². The van der Waals surface area contributed by atoms with E-state index in [4.69, 9.17) is 4.74 Å². The third kappa shape index (κ3) is 11.5. The summed E-state index contributed by atoms with van der Waals surface area (Å²) in [7, 11) is 6.63. The molecule has 0 spiro atoms. The molecular weight excluding hydrogens is 606 g/mol. The van der Waals surface area contributed by atoms with Gasteiger partial charge in [0.1, 0.15) is 17.7 Å². The fraction of sp³-hybridized carbons (Fsp3) is 0.421. The van der Waals surface area contributed by atoms with Crippen LogP contribution in [0.3, 0.4) is 0 Å². The van der Waals surface area contributed by atoms with Gasteiger partial charge in [-0.05, 0) is 69.0 Å². The molecule has 10 heteroatoms. The Bertz CT molecular complexity index is 1600. The molecule has 0 unspecified atom stereocenters. The molecule has 0 bridgehead atoms. The average Bonchev–Trinajstić information content (AvgIpc) is 3.00. The largest absolute Gasteiger partial charge is 0.444 e. The number of ether oxygens (including phenoxy) is 1. The van der Waals surface area contributed by atoms with Crippen LogP contribution in [-0.2, 0) is 32.0 Å². The highest BCUT2D eigenvalue weighted by Gasteiger charge is 2.35. The Morgan fingerprint density at radius 3 is 1.98 bits per heavy atom. The lowest BCUT2D eigenvalue weighted by Crippen LogP contribution is -2.57. The number of hydrogen-bond donors (Lipinski definition) is 2. The van der Waals surface area contributed by atoms with Crippen molar-refractivity contribution < 1.29 is 23.9 Å². The van der Waals surface area contributed by atoms with Crippen LogP contribution < -0.4 is 10.7 Å². The first kappa shape index (κ1) is 37.8. The second-order valence-corrected chi connectivity index (χ2v) is 14.0. The molecule has 10 nitrogen and oxygen atoms in total. The van der Waals surface area contributed by atoms with E-state index in [1.165, 1.54) is 15.9 Å². The van der Waals surface area contributed by atoms with E-state index in [1.54, 1.807) is 60.0 Å². The molecule has 3 rings (SSSR count). The van der Waals surface area contributed by atoms with Gasteiger partial charge in [0.15, 0.2) is 0 Å². The molecule has 0 fully saturated rings. The summed E-state index contributed by atoms with van der Waals surface area (Å²) in [5.74, 6) is -1.08. The van der Waals surface area contributed by atoms with Gasteiger partial charge in [-0.2, -0.15) is 0 Å². The lowest BCUT2D eigenvalue weighted by molar-refractivity contribution is -0.147. The second kappa shape index (κ2) is 16.4. The van der Waals surface area contributed by atoms with Crippen molar-refractivity contribution in [3.63, 3.8) is 0 Å². The van der Waals surface area contributed by atoms with Gasteiger partial charge in [0, 0.05) is 46.6 Å². The maximum Gasteiger partial charge on any atom is 0.408 e. The first-order valence-electron chi connectivity index (χ1n) is 16.2. The van der Waals surface area contributed by atoms with Crippen LogP contribution in [-0.4, -0.2) is 90.0 Å². The van der Waals surface area contributed by atoms with Crippen molar-refractivity contribution in [1.29, 1.82) is 0 Å². The standard InChI is InChI=1S/C38H51N5O5/c1-37(2,3)48-36(47)39-38(4,5)23-15-20-33(44)42(8)32(26-28-21-22-29-18-13-14-19-30(29)24-28)35(46)43(9)31(34(45)40-41(6)7)25-27-16-11-10-12-17-27/h10-22,24,31-32H,23,25-26H2,1-9H3,(H,39,47)(H,40,45)/t31-,32-/m1/s1. The summed E-state index contributed by atoms with van der Waals surface area (Å²) >= 11 is 0. The third-order valence-corrected chi connectivity index (χ3v) is 7.79. The van der Waals surface area contributed by atoms with E-state index in [1.807, 2.05) is 86.6 Å². The monoisotopic (exact) mass is 657 g/mol. The predicted octanol–water partition coefficient (Wildman–Crippen LogP) is 5.12. The number of likely N-dealkylation sites (N-methyl/N-ethyl adjacent to an activating group) is 2. The Balaban J connectivity index is 1.89. The summed E-state index contributed by atoms with van der Waals surface area (Å²) < 4.78 is 5.37. The van der Waals surface area contributed by atoms with Crippen molar-refractivity contribution in [2.75, 3.05) is 28.2 Å². The second-order valence-electron chi connectivity index (χ2n) is 14.0. The SMILES string of the molecule is CN(C)NC(=O)[C@@H](Cc1ccccc1)N(C)C(=O)[C@@H](Cc1ccc2ccccc2c1)N(C)C(=O)C=CCC(C)(C)NC(=O)OC(C)(C)C. The van der Waals surface area contributed by atoms with E-state index in [0.717, 1.165) is 21.9 Å². The van der Waals surface area contributed by atoms with Crippen molar-refractivity contribution in [3.8, 4) is 0 Å². The van der Waals surface area contributed by atoms with Crippen molar-refractivity contribution in [2.45, 2.75) is 77.1 Å². The quantitative estimate of drug-likeness (QED) is 0.195. The van der Waals surface area contributed by atoms with Gasteiger partial charge < -0.3 is 19.9 Å². The highest BCUT2D eigenvalue weighted by Crippen LogP contribution is 2.20. The van der Waals surface area contributed by atoms with Crippen molar-refractivity contribution in [3.05, 3.63) is 96.1 Å². The highest BCUT2D eigenvalue weighted by atomic mass is 16.6. The fourth-order valence-electron chi connectivity index (χ4n) is 5.26. The molecule has 48 heavy (non-hydrogen) atoms. The van der Waals surface area contributed by atoms with E-state index in [2.05, 4.69) is 10.7 Å². The minimum atomic E-state index is -0.911. The lowest BCUT2D eigenvalue weighted by Gasteiger charge is -2.34. The van der Waals surface area contributed by atoms with Gasteiger partial charge in [0.2, 0.25) is 11.8 Å². The van der Waals surface area contributed by atoms with E-state index in [-0.39, 0.29) is 24.1 Å². The summed E-state index contributed by atoms with van der Waals surface area (Å²) in [6, 6.07) is 21.7. The van der Waals surface area contributed by atoms with Crippen LogP contribution >= 0.6 is 0 Å². The molecule has 4 amide bonds. The topological polar surface area (TPSA) is 111 Å². The van der Waals surface area contributed by atoms with Crippen molar-refractivity contribution in [2.24, 2.45) is 0 Å². The molecule has 3 aromatic rings. The van der Waals surface area contributed by atoms with Crippen molar-refractivity contribution >= 4 is 34.6 Å². The maximum absolute atomic E-state index is 14.4. The van der Waals surface area contributed by atoms with E-state index >= 15 is 0 Å². The number of hydrogen-bond acceptors (Lipinski definition) is 6. The number of benzene rings is 3. The number of nitrogens with zero attached hydrogens (tertiary/aromatic N) is 3. The molecule has 2 N–H and O–H groups in total. The molecule has 0 aliphatic rings. The number of fused-ring (bicyclic) bond motifs is 1. The van der Waals surface area contributed by atoms with Crippen LogP contribution in [0.2, 0.25) is 0 Å². The van der Waals surface area contributed by atoms with E-state index in [0.29, 0.717) is 12.8 Å². The summed E-state index contributed by atoms with van der Waals surface area (Å²) in [6.45, 7) is 9.04. The van der Waals surface area contributed by atoms with Gasteiger partial charge >= 0.3 is 6.09 Å². The normalized spacial score (nSPS) is 13.2. The summed E-state index contributed by atoms with van der Waals surface area (Å²) in [4.78, 5) is 56.7. The molecule has 258 valence electrons. The van der Waals surface area contributed by atoms with Gasteiger partial charge in [-0.3, -0.25) is 19.8 Å². The molecule has 0 aliphatic heterocycles. The van der Waals surface area contributed by atoms with Crippen LogP contribution in [0.1, 0.15) is 52.2 Å². The number of hydrazine groups is 1. The van der Waals surface area contributed by atoms with Crippen LogP contribution in [0.15, 0.2) is 84.9 Å². The minimum absolute atomic E-state index is 0.239. The Labute approximate surface area is 285 Å². The molecule has 0 heterocycles. The minimum Gasteiger partial charge on any atom is -0.444 e. The van der Waals surface area contributed by atoms with Gasteiger partial charge in [-0.1, -0.05) is 78.9 Å². The predicted molar refractivity (Wildman–Crippen MR) is 190 cm³/mol. The number of rotatable bonds is 13. The molecule has 2 atom stereocenters. The smallest absolute Gasteiger partial charge is 0.408 e. The number of alkyl carbamates (subject to hydrolysis) is 1. The molecule has 3 aromatic carbocycles. The Kier molecular flexibility index (Phi) is 12.9. The van der Waals surface area contributed by atoms with Crippen molar-refractivity contribution in [1.82, 2.24) is 25.6 Å². The van der Waals surface area contributed by atoms with Crippen LogP contribution in [0, 0.1) is 0 Å². The molecule has 0 saturated carbocycles. The highest BCUT2D eigenvalue weighted by molar-refractivity contribution is 5.95. The van der Waals surface area contributed by atoms with Gasteiger partial charge in [-0.25, -0.2) is 9.80 Å². The summed E-state index contributed by atoms with van der Waals surface area (Å²) in [6.07, 6.45) is 3.43. The van der Waals surface area contributed by atoms with Gasteiger partial charge in [0.25, 0.3) is 5.91 Å². The van der Waals surface area contributed by atoms with Gasteiger partial charge in [0.05, 0.1) is 0 Å². The zero-order valence-corrected chi connectivity index (χ0v) is 29.7. The third-order valence-electron chi connectivity index (χ3n) is 7.79. The number of carbonyl (C=O) groups excluding carboxylic acids is 4. The zero-order chi connectivity index (χ0) is 35.6. The molecular formula is C38H51N5O5. The molecule has 0 saturated heterocycles. The van der Waals surface area contributed by atoms with E-state index < -0.39 is 29.3 Å². The lowest BCUT2D eigenvalue weighted by atomic mass is 9.98. The van der Waals surface area contributed by atoms with E-state index in [9.17, 15) is 19.2 Å². The van der Waals surface area contributed by atoms with Crippen LogP contribution in [0.25, 0.3) is 10.8 Å². The summed E-state index contributed by atoms with van der Waals surface area (Å²) in [5, 5.41) is 6.47. The first-order chi connectivity index (χ1) is 22.5. The Morgan fingerprint density at radius 2 is 1.35 bits per heavy atom. The maximum atomic E-state index is 14.4. The van der Waals surface area contributed by atoms with Crippen LogP contribution in [0.4, 0.5) is 4.79 Å². The molecule has 0 aliphatic carbocycles. The number of nitrogens with one attached hydrogen (secondary N) is 2. The zero-order valence-electron chi connectivity index (χ0n) is 29.7. The molecule has 0 aromatic heterocycles. The fourth-order valence-corrected chi connectivity index (χ4v) is 5.26. The average molecular weight is 658 g/mol. The first-order valence-corrected chi connectivity index (χ1v) is 16.2. The Morgan fingerprint density at radius 1 is 0.750 bits per heavy atom. The number of carbonyl (C=O) groups is 4. The Hall–Kier alpha value is -4.70.